The standard InChI is InChI=1S/C13H14F4N2O5/c1-12(23,11(21)22)5-19-9(20)7-2-3-8(18-4-7)24-6-13(16,17)10(14)15/h2-4,10,23H,5-6H2,1H3,(H,19,20)(H,21,22). The van der Waals surface area contributed by atoms with E-state index in [2.05, 4.69) is 15.0 Å². The van der Waals surface area contributed by atoms with Crippen LogP contribution in [0.4, 0.5) is 17.6 Å². The number of hydrogen-bond donors (Lipinski definition) is 3. The number of carboxylic acids is 1. The number of carboxylic acid groups (broad SMARTS) is 1. The van der Waals surface area contributed by atoms with E-state index in [1.807, 2.05) is 0 Å². The number of nitrogens with zero attached hydrogens (tertiary/aromatic N) is 1. The number of ether oxygens (including phenoxy) is 1. The van der Waals surface area contributed by atoms with Gasteiger partial charge >= 0.3 is 18.3 Å². The predicted molar refractivity (Wildman–Crippen MR) is 71.3 cm³/mol. The van der Waals surface area contributed by atoms with Crippen molar-refractivity contribution in [3.8, 4) is 5.88 Å². The molecular formula is C13H14F4N2O5. The van der Waals surface area contributed by atoms with Crippen molar-refractivity contribution in [3.63, 3.8) is 0 Å². The van der Waals surface area contributed by atoms with Crippen LogP contribution in [0.15, 0.2) is 18.3 Å². The molecule has 1 amide bonds. The molecular weight excluding hydrogens is 340 g/mol. The van der Waals surface area contributed by atoms with Crippen LogP contribution in [0.25, 0.3) is 0 Å². The number of carbonyl (C=O) groups excluding carboxylic acids is 1. The first-order chi connectivity index (χ1) is 11.0. The topological polar surface area (TPSA) is 109 Å². The van der Waals surface area contributed by atoms with Gasteiger partial charge in [0.2, 0.25) is 5.88 Å². The van der Waals surface area contributed by atoms with Crippen LogP contribution in [0, 0.1) is 0 Å². The van der Waals surface area contributed by atoms with Gasteiger partial charge in [0.15, 0.2) is 12.2 Å². The molecule has 3 N–H and O–H groups in total. The molecule has 0 aliphatic heterocycles. The Morgan fingerprint density at radius 3 is 2.46 bits per heavy atom. The third-order valence-corrected chi connectivity index (χ3v) is 2.78. The second-order valence-electron chi connectivity index (χ2n) is 5.00. The van der Waals surface area contributed by atoms with Gasteiger partial charge in [-0.3, -0.25) is 4.79 Å². The molecule has 1 atom stereocenters. The summed E-state index contributed by atoms with van der Waals surface area (Å²) in [4.78, 5) is 25.9. The monoisotopic (exact) mass is 354 g/mol. The van der Waals surface area contributed by atoms with E-state index in [0.29, 0.717) is 0 Å². The number of pyridine rings is 1. The van der Waals surface area contributed by atoms with Gasteiger partial charge in [-0.1, -0.05) is 0 Å². The smallest absolute Gasteiger partial charge is 0.340 e. The third-order valence-electron chi connectivity index (χ3n) is 2.78. The second-order valence-corrected chi connectivity index (χ2v) is 5.00. The summed E-state index contributed by atoms with van der Waals surface area (Å²) in [5.74, 6) is -7.05. The number of aliphatic hydroxyl groups is 1. The molecule has 1 unspecified atom stereocenters. The average Bonchev–Trinajstić information content (AvgIpc) is 2.51. The minimum Gasteiger partial charge on any atom is -0.479 e. The Hall–Kier alpha value is -2.43. The Morgan fingerprint density at radius 2 is 2.00 bits per heavy atom. The molecule has 0 aliphatic rings. The molecule has 134 valence electrons. The van der Waals surface area contributed by atoms with Gasteiger partial charge in [-0.15, -0.1) is 0 Å². The van der Waals surface area contributed by atoms with E-state index in [1.54, 1.807) is 0 Å². The normalized spacial score (nSPS) is 14.1. The lowest BCUT2D eigenvalue weighted by atomic mass is 10.1. The van der Waals surface area contributed by atoms with E-state index in [1.165, 1.54) is 0 Å². The van der Waals surface area contributed by atoms with Crippen molar-refractivity contribution in [2.45, 2.75) is 24.9 Å². The largest absolute Gasteiger partial charge is 0.479 e. The number of alkyl halides is 4. The minimum atomic E-state index is -4.33. The van der Waals surface area contributed by atoms with Gasteiger partial charge in [0.25, 0.3) is 5.91 Å². The van der Waals surface area contributed by atoms with Gasteiger partial charge in [-0.2, -0.15) is 8.78 Å². The quantitative estimate of drug-likeness (QED) is 0.599. The summed E-state index contributed by atoms with van der Waals surface area (Å²) in [7, 11) is 0. The summed E-state index contributed by atoms with van der Waals surface area (Å²) in [6.45, 7) is -1.18. The zero-order valence-electron chi connectivity index (χ0n) is 12.3. The molecule has 1 rings (SSSR count). The zero-order chi connectivity index (χ0) is 18.5. The maximum Gasteiger partial charge on any atom is 0.340 e. The molecule has 0 saturated carbocycles. The number of nitrogens with one attached hydrogen (secondary N) is 1. The second kappa shape index (κ2) is 7.43. The van der Waals surface area contributed by atoms with Crippen molar-refractivity contribution in [1.29, 1.82) is 0 Å². The van der Waals surface area contributed by atoms with Gasteiger partial charge in [-0.25, -0.2) is 18.6 Å². The Bertz CT molecular complexity index is 593. The summed E-state index contributed by atoms with van der Waals surface area (Å²) in [5, 5.41) is 20.3. The molecule has 1 aromatic heterocycles. The van der Waals surface area contributed by atoms with Crippen LogP contribution in [0.5, 0.6) is 5.88 Å². The summed E-state index contributed by atoms with van der Waals surface area (Å²) >= 11 is 0. The summed E-state index contributed by atoms with van der Waals surface area (Å²) in [6, 6.07) is 2.11. The lowest BCUT2D eigenvalue weighted by molar-refractivity contribution is -0.155. The fourth-order valence-electron chi connectivity index (χ4n) is 1.26. The van der Waals surface area contributed by atoms with Crippen LogP contribution in [0.2, 0.25) is 0 Å². The fourth-order valence-corrected chi connectivity index (χ4v) is 1.26. The molecule has 24 heavy (non-hydrogen) atoms. The number of halogens is 4. The highest BCUT2D eigenvalue weighted by molar-refractivity contribution is 5.94. The summed E-state index contributed by atoms with van der Waals surface area (Å²) < 4.78 is 53.7. The van der Waals surface area contributed by atoms with E-state index < -0.39 is 48.9 Å². The molecule has 1 heterocycles. The molecule has 0 radical (unpaired) electrons. The third kappa shape index (κ3) is 5.33. The van der Waals surface area contributed by atoms with Crippen molar-refractivity contribution in [1.82, 2.24) is 10.3 Å². The van der Waals surface area contributed by atoms with Crippen molar-refractivity contribution in [3.05, 3.63) is 23.9 Å². The summed E-state index contributed by atoms with van der Waals surface area (Å²) in [5.41, 5.74) is -2.25. The first-order valence-electron chi connectivity index (χ1n) is 6.44. The highest BCUT2D eigenvalue weighted by Crippen LogP contribution is 2.23. The predicted octanol–water partition coefficient (Wildman–Crippen LogP) is 0.926. The number of hydrogen-bond acceptors (Lipinski definition) is 5. The molecule has 0 bridgehead atoms. The Labute approximate surface area is 133 Å². The number of aromatic nitrogens is 1. The number of rotatable bonds is 8. The number of carbonyl (C=O) groups is 2. The van der Waals surface area contributed by atoms with E-state index in [-0.39, 0.29) is 5.56 Å². The highest BCUT2D eigenvalue weighted by Gasteiger charge is 2.41. The van der Waals surface area contributed by atoms with Crippen LogP contribution in [0.3, 0.4) is 0 Å². The molecule has 0 saturated heterocycles. The van der Waals surface area contributed by atoms with Crippen LogP contribution < -0.4 is 10.1 Å². The highest BCUT2D eigenvalue weighted by atomic mass is 19.3. The minimum absolute atomic E-state index is 0.0795. The van der Waals surface area contributed by atoms with E-state index in [4.69, 9.17) is 5.11 Å². The van der Waals surface area contributed by atoms with Crippen LogP contribution >= 0.6 is 0 Å². The Morgan fingerprint density at radius 1 is 1.38 bits per heavy atom. The zero-order valence-corrected chi connectivity index (χ0v) is 12.3. The van der Waals surface area contributed by atoms with Crippen LogP contribution in [-0.4, -0.2) is 58.2 Å². The summed E-state index contributed by atoms with van der Waals surface area (Å²) in [6.07, 6.45) is -2.97. The molecule has 11 heteroatoms. The fraction of sp³-hybridized carbons (Fsp3) is 0.462. The van der Waals surface area contributed by atoms with Gasteiger partial charge in [0.05, 0.1) is 12.1 Å². The van der Waals surface area contributed by atoms with Crippen LogP contribution in [-0.2, 0) is 4.79 Å². The van der Waals surface area contributed by atoms with Gasteiger partial charge in [-0.05, 0) is 13.0 Å². The number of amides is 1. The van der Waals surface area contributed by atoms with Gasteiger partial charge in [0.1, 0.15) is 0 Å². The lowest BCUT2D eigenvalue weighted by Crippen LogP contribution is -2.46. The maximum atomic E-state index is 12.7. The van der Waals surface area contributed by atoms with Crippen molar-refractivity contribution >= 4 is 11.9 Å². The SMILES string of the molecule is CC(O)(CNC(=O)c1ccc(OCC(F)(F)C(F)F)nc1)C(=O)O. The molecule has 0 aromatic carbocycles. The van der Waals surface area contributed by atoms with Crippen molar-refractivity contribution in [2.24, 2.45) is 0 Å². The van der Waals surface area contributed by atoms with Gasteiger partial charge < -0.3 is 20.3 Å². The first-order valence-corrected chi connectivity index (χ1v) is 6.44. The molecule has 0 spiro atoms. The van der Waals surface area contributed by atoms with E-state index >= 15 is 0 Å². The maximum absolute atomic E-state index is 12.7. The van der Waals surface area contributed by atoms with Crippen molar-refractivity contribution < 1.29 is 42.1 Å². The van der Waals surface area contributed by atoms with Crippen LogP contribution in [0.1, 0.15) is 17.3 Å². The molecule has 0 fully saturated rings. The molecule has 0 aliphatic carbocycles. The lowest BCUT2D eigenvalue weighted by Gasteiger charge is -2.18. The Balaban J connectivity index is 2.61. The van der Waals surface area contributed by atoms with E-state index in [0.717, 1.165) is 25.3 Å². The number of aliphatic carboxylic acids is 1. The van der Waals surface area contributed by atoms with E-state index in [9.17, 15) is 32.3 Å². The molecule has 7 nitrogen and oxygen atoms in total. The Kier molecular flexibility index (Phi) is 6.07. The molecule has 1 aromatic rings. The first kappa shape index (κ1) is 19.6. The van der Waals surface area contributed by atoms with Crippen molar-refractivity contribution in [2.75, 3.05) is 13.2 Å². The van der Waals surface area contributed by atoms with Gasteiger partial charge in [0, 0.05) is 12.3 Å². The average molecular weight is 354 g/mol.